The molecule has 7 nitrogen and oxygen atoms in total. The van der Waals surface area contributed by atoms with Crippen molar-refractivity contribution in [3.8, 4) is 11.5 Å². The number of para-hydroxylation sites is 4. The molecular weight excluding hydrogens is 406 g/mol. The molecule has 32 heavy (non-hydrogen) atoms. The van der Waals surface area contributed by atoms with Gasteiger partial charge >= 0.3 is 0 Å². The Hall–Kier alpha value is -3.06. The number of nitrogens with one attached hydrogen (secondary N) is 1. The maximum atomic E-state index is 12.1. The van der Waals surface area contributed by atoms with Crippen LogP contribution in [0.1, 0.15) is 31.5 Å². The minimum atomic E-state index is -0.275. The summed E-state index contributed by atoms with van der Waals surface area (Å²) in [6.07, 6.45) is 3.98. The molecule has 0 saturated carbocycles. The number of hydrogen-bond acceptors (Lipinski definition) is 5. The Morgan fingerprint density at radius 2 is 1.97 bits per heavy atom. The number of nitrogens with zero attached hydrogens (tertiary/aromatic N) is 2. The van der Waals surface area contributed by atoms with E-state index in [0.29, 0.717) is 19.8 Å². The molecule has 1 aliphatic heterocycles. The molecule has 2 aromatic carbocycles. The van der Waals surface area contributed by atoms with Gasteiger partial charge in [0.25, 0.3) is 0 Å². The molecule has 4 rings (SSSR count). The molecule has 1 amide bonds. The molecule has 0 bridgehead atoms. The fourth-order valence-electron chi connectivity index (χ4n) is 4.06. The summed E-state index contributed by atoms with van der Waals surface area (Å²) in [5.41, 5.74) is 2.12. The Bertz CT molecular complexity index is 1030. The van der Waals surface area contributed by atoms with Crippen LogP contribution in [0.2, 0.25) is 0 Å². The Morgan fingerprint density at radius 3 is 2.78 bits per heavy atom. The van der Waals surface area contributed by atoms with Gasteiger partial charge in [-0.3, -0.25) is 4.79 Å². The van der Waals surface area contributed by atoms with Gasteiger partial charge in [-0.2, -0.15) is 0 Å². The first-order valence-electron chi connectivity index (χ1n) is 11.4. The van der Waals surface area contributed by atoms with Gasteiger partial charge in [-0.05, 0) is 49.9 Å². The third kappa shape index (κ3) is 5.40. The van der Waals surface area contributed by atoms with E-state index in [-0.39, 0.29) is 12.0 Å². The number of hydrogen-bond donors (Lipinski definition) is 1. The Kier molecular flexibility index (Phi) is 7.61. The molecule has 7 heteroatoms. The molecule has 1 unspecified atom stereocenters. The van der Waals surface area contributed by atoms with Crippen molar-refractivity contribution >= 4 is 16.9 Å². The van der Waals surface area contributed by atoms with Crippen molar-refractivity contribution in [2.45, 2.75) is 44.8 Å². The minimum Gasteiger partial charge on any atom is -0.493 e. The standard InChI is InChI=1S/C25H31N3O4/c1-30-21-11-4-5-12-22(21)31-18-8-16-28-20-10-3-2-9-19(20)27-24(28)14-6-15-26-25(29)23-13-7-17-32-23/h2-5,9-12,23H,6-8,13-18H2,1H3,(H,26,29). The lowest BCUT2D eigenvalue weighted by atomic mass is 10.2. The van der Waals surface area contributed by atoms with Crippen LogP contribution >= 0.6 is 0 Å². The molecular formula is C25H31N3O4. The first-order valence-corrected chi connectivity index (χ1v) is 11.4. The van der Waals surface area contributed by atoms with Crippen molar-refractivity contribution in [3.63, 3.8) is 0 Å². The van der Waals surface area contributed by atoms with Gasteiger partial charge in [0.15, 0.2) is 11.5 Å². The summed E-state index contributed by atoms with van der Waals surface area (Å²) in [6, 6.07) is 15.9. The summed E-state index contributed by atoms with van der Waals surface area (Å²) < 4.78 is 19.0. The number of rotatable bonds is 11. The van der Waals surface area contributed by atoms with Crippen LogP contribution in [-0.2, 0) is 22.5 Å². The van der Waals surface area contributed by atoms with E-state index in [9.17, 15) is 4.79 Å². The van der Waals surface area contributed by atoms with Crippen LogP contribution < -0.4 is 14.8 Å². The van der Waals surface area contributed by atoms with E-state index in [1.807, 2.05) is 42.5 Å². The number of imidazole rings is 1. The molecule has 0 aliphatic carbocycles. The summed E-state index contributed by atoms with van der Waals surface area (Å²) >= 11 is 0. The molecule has 0 radical (unpaired) electrons. The number of aromatic nitrogens is 2. The van der Waals surface area contributed by atoms with Gasteiger partial charge in [-0.25, -0.2) is 4.98 Å². The Balaban J connectivity index is 1.32. The molecule has 1 aromatic heterocycles. The monoisotopic (exact) mass is 437 g/mol. The minimum absolute atomic E-state index is 0.00416. The fraction of sp³-hybridized carbons (Fsp3) is 0.440. The van der Waals surface area contributed by atoms with Crippen LogP contribution in [0.4, 0.5) is 0 Å². The van der Waals surface area contributed by atoms with Crippen molar-refractivity contribution in [2.75, 3.05) is 26.9 Å². The normalized spacial score (nSPS) is 15.7. The average molecular weight is 438 g/mol. The number of aryl methyl sites for hydroxylation is 2. The maximum absolute atomic E-state index is 12.1. The summed E-state index contributed by atoms with van der Waals surface area (Å²) in [4.78, 5) is 17.0. The molecule has 0 spiro atoms. The van der Waals surface area contributed by atoms with E-state index in [0.717, 1.165) is 67.0 Å². The van der Waals surface area contributed by atoms with Crippen molar-refractivity contribution in [2.24, 2.45) is 0 Å². The van der Waals surface area contributed by atoms with Crippen LogP contribution in [0.15, 0.2) is 48.5 Å². The van der Waals surface area contributed by atoms with Crippen LogP contribution in [-0.4, -0.2) is 48.4 Å². The molecule has 170 valence electrons. The molecule has 1 saturated heterocycles. The van der Waals surface area contributed by atoms with Gasteiger partial charge in [0.05, 0.1) is 24.8 Å². The topological polar surface area (TPSA) is 74.6 Å². The highest BCUT2D eigenvalue weighted by Crippen LogP contribution is 2.26. The number of fused-ring (bicyclic) bond motifs is 1. The SMILES string of the molecule is COc1ccccc1OCCCn1c(CCCNC(=O)C2CCCO2)nc2ccccc21. The highest BCUT2D eigenvalue weighted by Gasteiger charge is 2.22. The van der Waals surface area contributed by atoms with Crippen molar-refractivity contribution in [3.05, 3.63) is 54.4 Å². The first-order chi connectivity index (χ1) is 15.8. The zero-order chi connectivity index (χ0) is 22.2. The predicted octanol–water partition coefficient (Wildman–Crippen LogP) is 3.74. The van der Waals surface area contributed by atoms with Crippen LogP contribution in [0, 0.1) is 0 Å². The largest absolute Gasteiger partial charge is 0.493 e. The number of benzene rings is 2. The maximum Gasteiger partial charge on any atom is 0.249 e. The average Bonchev–Trinajstić information content (AvgIpc) is 3.48. The molecule has 2 heterocycles. The third-order valence-corrected chi connectivity index (χ3v) is 5.68. The second-order valence-electron chi connectivity index (χ2n) is 7.92. The van der Waals surface area contributed by atoms with Gasteiger partial charge < -0.3 is 24.1 Å². The molecule has 1 N–H and O–H groups in total. The second-order valence-corrected chi connectivity index (χ2v) is 7.92. The lowest BCUT2D eigenvalue weighted by molar-refractivity contribution is -0.130. The van der Waals surface area contributed by atoms with E-state index in [2.05, 4.69) is 16.0 Å². The van der Waals surface area contributed by atoms with Gasteiger partial charge in [0, 0.05) is 26.1 Å². The van der Waals surface area contributed by atoms with Gasteiger partial charge in [0.2, 0.25) is 5.91 Å². The highest BCUT2D eigenvalue weighted by atomic mass is 16.5. The van der Waals surface area contributed by atoms with Gasteiger partial charge in [-0.15, -0.1) is 0 Å². The zero-order valence-corrected chi connectivity index (χ0v) is 18.6. The third-order valence-electron chi connectivity index (χ3n) is 5.68. The number of methoxy groups -OCH3 is 1. The molecule has 1 atom stereocenters. The number of carbonyl (C=O) groups is 1. The molecule has 3 aromatic rings. The summed E-state index contributed by atoms with van der Waals surface area (Å²) in [5, 5.41) is 3.00. The zero-order valence-electron chi connectivity index (χ0n) is 18.6. The fourth-order valence-corrected chi connectivity index (χ4v) is 4.06. The highest BCUT2D eigenvalue weighted by molar-refractivity contribution is 5.80. The lowest BCUT2D eigenvalue weighted by Gasteiger charge is -2.13. The molecule has 1 aliphatic rings. The quantitative estimate of drug-likeness (QED) is 0.463. The first kappa shape index (κ1) is 22.1. The van der Waals surface area contributed by atoms with Crippen molar-refractivity contribution < 1.29 is 19.0 Å². The number of ether oxygens (including phenoxy) is 3. The second kappa shape index (κ2) is 11.0. The van der Waals surface area contributed by atoms with Gasteiger partial charge in [-0.1, -0.05) is 24.3 Å². The van der Waals surface area contributed by atoms with E-state index in [1.54, 1.807) is 7.11 Å². The Morgan fingerprint density at radius 1 is 1.16 bits per heavy atom. The van der Waals surface area contributed by atoms with Crippen LogP contribution in [0.5, 0.6) is 11.5 Å². The van der Waals surface area contributed by atoms with E-state index in [4.69, 9.17) is 19.2 Å². The number of amides is 1. The molecule has 1 fully saturated rings. The van der Waals surface area contributed by atoms with E-state index >= 15 is 0 Å². The summed E-state index contributed by atoms with van der Waals surface area (Å²) in [5.74, 6) is 2.54. The smallest absolute Gasteiger partial charge is 0.249 e. The van der Waals surface area contributed by atoms with Crippen molar-refractivity contribution in [1.29, 1.82) is 0 Å². The van der Waals surface area contributed by atoms with E-state index in [1.165, 1.54) is 0 Å². The Labute approximate surface area is 188 Å². The lowest BCUT2D eigenvalue weighted by Crippen LogP contribution is -2.34. The summed E-state index contributed by atoms with van der Waals surface area (Å²) in [6.45, 7) is 2.71. The van der Waals surface area contributed by atoms with Crippen LogP contribution in [0.25, 0.3) is 11.0 Å². The van der Waals surface area contributed by atoms with Crippen molar-refractivity contribution in [1.82, 2.24) is 14.9 Å². The number of carbonyl (C=O) groups excluding carboxylic acids is 1. The van der Waals surface area contributed by atoms with Crippen LogP contribution in [0.3, 0.4) is 0 Å². The van der Waals surface area contributed by atoms with E-state index < -0.39 is 0 Å². The summed E-state index contributed by atoms with van der Waals surface area (Å²) in [7, 11) is 1.65. The predicted molar refractivity (Wildman–Crippen MR) is 123 cm³/mol. The van der Waals surface area contributed by atoms with Gasteiger partial charge in [0.1, 0.15) is 11.9 Å².